The van der Waals surface area contributed by atoms with Gasteiger partial charge in [0.1, 0.15) is 5.82 Å². The van der Waals surface area contributed by atoms with Gasteiger partial charge in [-0.3, -0.25) is 0 Å². The van der Waals surface area contributed by atoms with Gasteiger partial charge in [0.25, 0.3) is 0 Å². The number of anilines is 1. The molecule has 0 bridgehead atoms. The number of rotatable bonds is 5. The molecule has 1 aliphatic heterocycles. The van der Waals surface area contributed by atoms with Crippen molar-refractivity contribution in [1.82, 2.24) is 4.98 Å². The van der Waals surface area contributed by atoms with Gasteiger partial charge in [0, 0.05) is 24.6 Å². The zero-order valence-electron chi connectivity index (χ0n) is 12.2. The maximum atomic E-state index is 9.63. The van der Waals surface area contributed by atoms with Gasteiger partial charge in [-0.2, -0.15) is 0 Å². The van der Waals surface area contributed by atoms with Crippen LogP contribution in [0.3, 0.4) is 0 Å². The van der Waals surface area contributed by atoms with E-state index in [0.717, 1.165) is 48.1 Å². The fraction of sp³-hybridized carbons (Fsp3) is 0.471. The van der Waals surface area contributed by atoms with E-state index in [2.05, 4.69) is 4.90 Å². The Hall–Kier alpha value is -1.65. The largest absolute Gasteiger partial charge is 0.396 e. The molecular formula is C17H22N2O2. The second kappa shape index (κ2) is 6.41. The first-order valence-corrected chi connectivity index (χ1v) is 7.70. The molecule has 2 N–H and O–H groups in total. The lowest BCUT2D eigenvalue weighted by Gasteiger charge is -2.26. The Labute approximate surface area is 125 Å². The van der Waals surface area contributed by atoms with Gasteiger partial charge in [-0.15, -0.1) is 0 Å². The van der Waals surface area contributed by atoms with Crippen molar-refractivity contribution in [2.24, 2.45) is 0 Å². The summed E-state index contributed by atoms with van der Waals surface area (Å²) in [7, 11) is 0. The predicted molar refractivity (Wildman–Crippen MR) is 84.4 cm³/mol. The van der Waals surface area contributed by atoms with Crippen LogP contribution in [0.2, 0.25) is 0 Å². The molecule has 1 fully saturated rings. The van der Waals surface area contributed by atoms with Crippen LogP contribution in [0, 0.1) is 0 Å². The third kappa shape index (κ3) is 2.87. The molecular weight excluding hydrogens is 264 g/mol. The Kier molecular flexibility index (Phi) is 4.36. The average molecular weight is 286 g/mol. The van der Waals surface area contributed by atoms with Gasteiger partial charge in [-0.05, 0) is 43.4 Å². The molecule has 21 heavy (non-hydrogen) atoms. The van der Waals surface area contributed by atoms with Gasteiger partial charge in [0.05, 0.1) is 12.1 Å². The number of aliphatic hydroxyl groups is 2. The lowest BCUT2D eigenvalue weighted by molar-refractivity contribution is 0.279. The minimum atomic E-state index is 0.0329. The zero-order chi connectivity index (χ0) is 14.7. The van der Waals surface area contributed by atoms with Crippen molar-refractivity contribution < 1.29 is 10.2 Å². The molecule has 2 aromatic rings. The van der Waals surface area contributed by atoms with E-state index in [9.17, 15) is 5.11 Å². The van der Waals surface area contributed by atoms with Crippen LogP contribution < -0.4 is 4.90 Å². The summed E-state index contributed by atoms with van der Waals surface area (Å²) in [5, 5.41) is 19.7. The number of aromatic nitrogens is 1. The number of para-hydroxylation sites is 1. The molecule has 0 aliphatic carbocycles. The van der Waals surface area contributed by atoms with E-state index in [0.29, 0.717) is 6.04 Å². The van der Waals surface area contributed by atoms with Crippen LogP contribution in [-0.2, 0) is 6.61 Å². The minimum absolute atomic E-state index is 0.0329. The summed E-state index contributed by atoms with van der Waals surface area (Å²) in [6, 6.07) is 10.4. The van der Waals surface area contributed by atoms with E-state index in [1.165, 1.54) is 6.42 Å². The second-order valence-electron chi connectivity index (χ2n) is 5.67. The van der Waals surface area contributed by atoms with Crippen molar-refractivity contribution in [1.29, 1.82) is 0 Å². The summed E-state index contributed by atoms with van der Waals surface area (Å²) in [6.07, 6.45) is 4.16. The maximum Gasteiger partial charge on any atom is 0.129 e. The molecule has 3 rings (SSSR count). The van der Waals surface area contributed by atoms with Crippen molar-refractivity contribution in [3.05, 3.63) is 35.9 Å². The summed E-state index contributed by atoms with van der Waals surface area (Å²) in [5.41, 5.74) is 1.87. The molecule has 1 aromatic carbocycles. The molecule has 2 heterocycles. The molecule has 4 nitrogen and oxygen atoms in total. The smallest absolute Gasteiger partial charge is 0.129 e. The maximum absolute atomic E-state index is 9.63. The second-order valence-corrected chi connectivity index (χ2v) is 5.67. The number of nitrogens with zero attached hydrogens (tertiary/aromatic N) is 2. The molecule has 0 spiro atoms. The molecule has 1 aliphatic rings. The molecule has 4 heteroatoms. The minimum Gasteiger partial charge on any atom is -0.396 e. The Morgan fingerprint density at radius 2 is 2.10 bits per heavy atom. The third-order valence-corrected chi connectivity index (χ3v) is 4.33. The molecule has 0 radical (unpaired) electrons. The summed E-state index contributed by atoms with van der Waals surface area (Å²) in [4.78, 5) is 7.11. The van der Waals surface area contributed by atoms with Crippen LogP contribution in [0.4, 0.5) is 5.82 Å². The Morgan fingerprint density at radius 3 is 2.90 bits per heavy atom. The van der Waals surface area contributed by atoms with Crippen molar-refractivity contribution >= 4 is 16.7 Å². The standard InChI is InChI=1S/C17H22N2O2/c20-10-4-6-14-5-3-9-19(14)17-11-13(12-21)15-7-1-2-8-16(15)18-17/h1-2,7-8,11,14,20-21H,3-6,9-10,12H2. The molecule has 0 saturated carbocycles. The van der Waals surface area contributed by atoms with Crippen molar-refractivity contribution in [3.63, 3.8) is 0 Å². The van der Waals surface area contributed by atoms with Crippen LogP contribution in [0.5, 0.6) is 0 Å². The number of aliphatic hydroxyl groups excluding tert-OH is 2. The molecule has 1 atom stereocenters. The SMILES string of the molecule is OCCCC1CCCN1c1cc(CO)c2ccccc2n1. The first kappa shape index (κ1) is 14.3. The molecule has 1 aromatic heterocycles. The molecule has 112 valence electrons. The van der Waals surface area contributed by atoms with E-state index in [-0.39, 0.29) is 13.2 Å². The van der Waals surface area contributed by atoms with Gasteiger partial charge in [0.2, 0.25) is 0 Å². The van der Waals surface area contributed by atoms with Gasteiger partial charge in [-0.25, -0.2) is 4.98 Å². The van der Waals surface area contributed by atoms with Crippen LogP contribution in [0.15, 0.2) is 30.3 Å². The van der Waals surface area contributed by atoms with E-state index in [1.54, 1.807) is 0 Å². The van der Waals surface area contributed by atoms with Gasteiger partial charge in [0.15, 0.2) is 0 Å². The van der Waals surface area contributed by atoms with E-state index >= 15 is 0 Å². The highest BCUT2D eigenvalue weighted by atomic mass is 16.3. The fourth-order valence-electron chi connectivity index (χ4n) is 3.27. The van der Waals surface area contributed by atoms with E-state index in [1.807, 2.05) is 30.3 Å². The van der Waals surface area contributed by atoms with Gasteiger partial charge >= 0.3 is 0 Å². The van der Waals surface area contributed by atoms with E-state index < -0.39 is 0 Å². The topological polar surface area (TPSA) is 56.6 Å². The average Bonchev–Trinajstić information content (AvgIpc) is 3.00. The Bertz CT molecular complexity index is 615. The zero-order valence-corrected chi connectivity index (χ0v) is 12.2. The Balaban J connectivity index is 1.96. The monoisotopic (exact) mass is 286 g/mol. The van der Waals surface area contributed by atoms with Crippen molar-refractivity contribution in [3.8, 4) is 0 Å². The third-order valence-electron chi connectivity index (χ3n) is 4.33. The number of pyridine rings is 1. The summed E-state index contributed by atoms with van der Waals surface area (Å²) in [5.74, 6) is 0.957. The summed E-state index contributed by atoms with van der Waals surface area (Å²) in [6.45, 7) is 1.29. The lowest BCUT2D eigenvalue weighted by atomic mass is 10.1. The van der Waals surface area contributed by atoms with Gasteiger partial charge in [-0.1, -0.05) is 18.2 Å². The van der Waals surface area contributed by atoms with Crippen LogP contribution >= 0.6 is 0 Å². The molecule has 1 unspecified atom stereocenters. The van der Waals surface area contributed by atoms with Gasteiger partial charge < -0.3 is 15.1 Å². The first-order valence-electron chi connectivity index (χ1n) is 7.70. The summed E-state index contributed by atoms with van der Waals surface area (Å²) < 4.78 is 0. The Morgan fingerprint density at radius 1 is 1.24 bits per heavy atom. The predicted octanol–water partition coefficient (Wildman–Crippen LogP) is 2.47. The highest BCUT2D eigenvalue weighted by Crippen LogP contribution is 2.30. The normalized spacial score (nSPS) is 18.6. The van der Waals surface area contributed by atoms with Crippen LogP contribution in [-0.4, -0.2) is 34.4 Å². The number of benzene rings is 1. The fourth-order valence-corrected chi connectivity index (χ4v) is 3.27. The first-order chi connectivity index (χ1) is 10.3. The van der Waals surface area contributed by atoms with Crippen LogP contribution in [0.25, 0.3) is 10.9 Å². The van der Waals surface area contributed by atoms with E-state index in [4.69, 9.17) is 10.1 Å². The summed E-state index contributed by atoms with van der Waals surface area (Å²) >= 11 is 0. The van der Waals surface area contributed by atoms with Crippen molar-refractivity contribution in [2.75, 3.05) is 18.1 Å². The highest BCUT2D eigenvalue weighted by Gasteiger charge is 2.25. The molecule has 0 amide bonds. The quantitative estimate of drug-likeness (QED) is 0.886. The number of hydrogen-bond acceptors (Lipinski definition) is 4. The lowest BCUT2D eigenvalue weighted by Crippen LogP contribution is -2.30. The van der Waals surface area contributed by atoms with Crippen LogP contribution in [0.1, 0.15) is 31.2 Å². The molecule has 1 saturated heterocycles. The highest BCUT2D eigenvalue weighted by molar-refractivity contribution is 5.84. The number of hydrogen-bond donors (Lipinski definition) is 2. The van der Waals surface area contributed by atoms with Crippen molar-refractivity contribution in [2.45, 2.75) is 38.3 Å². The number of fused-ring (bicyclic) bond motifs is 1.